The number of fused-ring (bicyclic) bond motifs is 1. The van der Waals surface area contributed by atoms with Crippen LogP contribution in [0.25, 0.3) is 0 Å². The Labute approximate surface area is 208 Å². The van der Waals surface area contributed by atoms with Crippen LogP contribution in [0.1, 0.15) is 35.9 Å². The number of carbonyl (C=O) groups is 1. The average molecular weight is 493 g/mol. The Morgan fingerprint density at radius 2 is 1.58 bits per heavy atom. The van der Waals surface area contributed by atoms with Gasteiger partial charge in [0.25, 0.3) is 0 Å². The molecule has 2 atom stereocenters. The number of anilines is 1. The van der Waals surface area contributed by atoms with Crippen molar-refractivity contribution >= 4 is 11.7 Å². The van der Waals surface area contributed by atoms with Gasteiger partial charge < -0.3 is 29.0 Å². The van der Waals surface area contributed by atoms with Crippen molar-refractivity contribution in [3.63, 3.8) is 0 Å². The summed E-state index contributed by atoms with van der Waals surface area (Å²) in [5, 5.41) is 7.77. The molecule has 0 amide bonds. The fourth-order valence-corrected chi connectivity index (χ4v) is 5.14. The number of nitrogens with one attached hydrogen (secondary N) is 1. The van der Waals surface area contributed by atoms with Crippen molar-refractivity contribution in [3.05, 3.63) is 59.1 Å². The van der Waals surface area contributed by atoms with Crippen molar-refractivity contribution in [2.75, 3.05) is 40.9 Å². The summed E-state index contributed by atoms with van der Waals surface area (Å²) in [5.74, 6) is 3.22. The summed E-state index contributed by atoms with van der Waals surface area (Å²) in [6.45, 7) is 0. The third-order valence-corrected chi connectivity index (χ3v) is 6.75. The molecule has 0 radical (unpaired) electrons. The Kier molecular flexibility index (Phi) is 6.17. The first-order chi connectivity index (χ1) is 17.5. The average Bonchev–Trinajstić information content (AvgIpc) is 3.38. The monoisotopic (exact) mass is 492 g/mol. The van der Waals surface area contributed by atoms with E-state index in [1.807, 2.05) is 30.3 Å². The topological polar surface area (TPSA) is 106 Å². The molecule has 1 aliphatic heterocycles. The number of para-hydroxylation sites is 1. The molecule has 0 spiro atoms. The summed E-state index contributed by atoms with van der Waals surface area (Å²) in [5.41, 5.74) is 3.15. The van der Waals surface area contributed by atoms with Crippen molar-refractivity contribution in [3.8, 4) is 28.7 Å². The summed E-state index contributed by atoms with van der Waals surface area (Å²) in [7, 11) is 7.90. The standard InChI is InChI=1S/C26H28N4O6/c1-32-19-8-6-7-16(24(19)35-4)23-22-17(29-26-27-13-28-30(23)26)9-14(10-18(22)31)15-11-20(33-2)25(36-5)21(12-15)34-3/h6-8,11-14,23H,9-10H2,1-5H3,(H,27,28,29)/t14-,23+/m1/s1. The highest BCUT2D eigenvalue weighted by molar-refractivity contribution is 6.00. The molecule has 1 aromatic heterocycles. The van der Waals surface area contributed by atoms with E-state index in [0.29, 0.717) is 53.1 Å². The molecule has 0 saturated heterocycles. The maximum Gasteiger partial charge on any atom is 0.226 e. The van der Waals surface area contributed by atoms with Crippen LogP contribution >= 0.6 is 0 Å². The van der Waals surface area contributed by atoms with E-state index in [9.17, 15) is 4.79 Å². The third-order valence-electron chi connectivity index (χ3n) is 6.75. The molecule has 1 N–H and O–H groups in total. The van der Waals surface area contributed by atoms with Crippen LogP contribution in [0.2, 0.25) is 0 Å². The first kappa shape index (κ1) is 23.5. The predicted octanol–water partition coefficient (Wildman–Crippen LogP) is 3.74. The van der Waals surface area contributed by atoms with Crippen LogP contribution in [0.4, 0.5) is 5.95 Å². The zero-order valence-corrected chi connectivity index (χ0v) is 20.8. The van der Waals surface area contributed by atoms with Gasteiger partial charge in [-0.25, -0.2) is 4.68 Å². The van der Waals surface area contributed by atoms with Gasteiger partial charge in [0.05, 0.1) is 35.5 Å². The van der Waals surface area contributed by atoms with Gasteiger partial charge in [0, 0.05) is 23.3 Å². The number of hydrogen-bond acceptors (Lipinski definition) is 9. The molecule has 0 bridgehead atoms. The van der Waals surface area contributed by atoms with Gasteiger partial charge in [0.2, 0.25) is 11.7 Å². The fraction of sp³-hybridized carbons (Fsp3) is 0.346. The Bertz CT molecular complexity index is 1320. The van der Waals surface area contributed by atoms with E-state index in [2.05, 4.69) is 15.4 Å². The largest absolute Gasteiger partial charge is 0.493 e. The van der Waals surface area contributed by atoms with E-state index in [-0.39, 0.29) is 11.7 Å². The first-order valence-corrected chi connectivity index (χ1v) is 11.5. The second-order valence-electron chi connectivity index (χ2n) is 8.52. The normalized spacial score (nSPS) is 18.6. The fourth-order valence-electron chi connectivity index (χ4n) is 5.14. The highest BCUT2D eigenvalue weighted by Crippen LogP contribution is 2.49. The molecular weight excluding hydrogens is 464 g/mol. The molecule has 188 valence electrons. The number of carbonyl (C=O) groups excluding carboxylic acids is 1. The highest BCUT2D eigenvalue weighted by atomic mass is 16.5. The summed E-state index contributed by atoms with van der Waals surface area (Å²) in [4.78, 5) is 18.2. The predicted molar refractivity (Wildman–Crippen MR) is 131 cm³/mol. The maximum absolute atomic E-state index is 13.8. The number of aromatic nitrogens is 3. The third kappa shape index (κ3) is 3.69. The molecule has 5 rings (SSSR count). The van der Waals surface area contributed by atoms with Gasteiger partial charge in [-0.3, -0.25) is 4.79 Å². The van der Waals surface area contributed by atoms with Gasteiger partial charge in [-0.2, -0.15) is 10.1 Å². The number of allylic oxidation sites excluding steroid dienone is 2. The van der Waals surface area contributed by atoms with Gasteiger partial charge in [-0.1, -0.05) is 12.1 Å². The summed E-state index contributed by atoms with van der Waals surface area (Å²) < 4.78 is 29.5. The molecule has 2 heterocycles. The number of methoxy groups -OCH3 is 5. The maximum atomic E-state index is 13.8. The van der Waals surface area contributed by atoms with Crippen molar-refractivity contribution < 1.29 is 28.5 Å². The molecule has 2 aliphatic rings. The number of benzene rings is 2. The molecule has 3 aromatic rings. The zero-order chi connectivity index (χ0) is 25.4. The van der Waals surface area contributed by atoms with Crippen LogP contribution in [0.15, 0.2) is 47.9 Å². The Morgan fingerprint density at radius 1 is 0.889 bits per heavy atom. The Hall–Kier alpha value is -4.21. The molecule has 10 nitrogen and oxygen atoms in total. The number of hydrogen-bond donors (Lipinski definition) is 1. The lowest BCUT2D eigenvalue weighted by molar-refractivity contribution is -0.116. The molecule has 2 aromatic carbocycles. The van der Waals surface area contributed by atoms with Crippen LogP contribution in [-0.4, -0.2) is 56.1 Å². The summed E-state index contributed by atoms with van der Waals surface area (Å²) in [6.07, 6.45) is 2.38. The minimum Gasteiger partial charge on any atom is -0.493 e. The zero-order valence-electron chi connectivity index (χ0n) is 20.8. The van der Waals surface area contributed by atoms with Gasteiger partial charge in [0.15, 0.2) is 28.8 Å². The second-order valence-corrected chi connectivity index (χ2v) is 8.52. The molecule has 0 unspecified atom stereocenters. The number of rotatable bonds is 7. The molecule has 36 heavy (non-hydrogen) atoms. The quantitative estimate of drug-likeness (QED) is 0.528. The van der Waals surface area contributed by atoms with Crippen molar-refractivity contribution in [1.29, 1.82) is 0 Å². The second kappa shape index (κ2) is 9.44. The van der Waals surface area contributed by atoms with Gasteiger partial charge in [-0.15, -0.1) is 0 Å². The van der Waals surface area contributed by atoms with Gasteiger partial charge >= 0.3 is 0 Å². The van der Waals surface area contributed by atoms with Crippen LogP contribution in [-0.2, 0) is 4.79 Å². The highest BCUT2D eigenvalue weighted by Gasteiger charge is 2.41. The van der Waals surface area contributed by atoms with Crippen LogP contribution in [0.5, 0.6) is 28.7 Å². The smallest absolute Gasteiger partial charge is 0.226 e. The molecule has 0 saturated carbocycles. The van der Waals surface area contributed by atoms with E-state index < -0.39 is 6.04 Å². The number of ether oxygens (including phenoxy) is 5. The number of nitrogens with zero attached hydrogens (tertiary/aromatic N) is 3. The minimum absolute atomic E-state index is 0.0125. The lowest BCUT2D eigenvalue weighted by atomic mass is 9.77. The van der Waals surface area contributed by atoms with E-state index in [1.54, 1.807) is 40.2 Å². The SMILES string of the molecule is COc1cc([C@H]2CC(=O)C3=C(C2)Nc2ncnn2[C@H]3c2cccc(OC)c2OC)cc(OC)c1OC. The van der Waals surface area contributed by atoms with Crippen LogP contribution in [0.3, 0.4) is 0 Å². The van der Waals surface area contributed by atoms with Crippen LogP contribution < -0.4 is 29.0 Å². The van der Waals surface area contributed by atoms with Crippen molar-refractivity contribution in [2.24, 2.45) is 0 Å². The van der Waals surface area contributed by atoms with E-state index in [4.69, 9.17) is 23.7 Å². The van der Waals surface area contributed by atoms with Gasteiger partial charge in [0.1, 0.15) is 12.4 Å². The number of Topliss-reactive ketones (excluding diaryl/α,β-unsaturated/α-hetero) is 1. The van der Waals surface area contributed by atoms with Crippen LogP contribution in [0, 0.1) is 0 Å². The Morgan fingerprint density at radius 3 is 2.22 bits per heavy atom. The van der Waals surface area contributed by atoms with E-state index >= 15 is 0 Å². The molecular formula is C26H28N4O6. The van der Waals surface area contributed by atoms with Gasteiger partial charge in [-0.05, 0) is 36.1 Å². The van der Waals surface area contributed by atoms with Crippen molar-refractivity contribution in [1.82, 2.24) is 14.8 Å². The molecule has 1 aliphatic carbocycles. The first-order valence-electron chi connectivity index (χ1n) is 11.5. The van der Waals surface area contributed by atoms with Crippen molar-refractivity contribution in [2.45, 2.75) is 24.8 Å². The minimum atomic E-state index is -0.503. The summed E-state index contributed by atoms with van der Waals surface area (Å²) in [6, 6.07) is 8.92. The number of ketones is 1. The lowest BCUT2D eigenvalue weighted by Gasteiger charge is -2.35. The summed E-state index contributed by atoms with van der Waals surface area (Å²) >= 11 is 0. The lowest BCUT2D eigenvalue weighted by Crippen LogP contribution is -2.33. The van der Waals surface area contributed by atoms with E-state index in [0.717, 1.165) is 16.8 Å². The molecule has 0 fully saturated rings. The Balaban J connectivity index is 1.61. The van der Waals surface area contributed by atoms with E-state index in [1.165, 1.54) is 6.33 Å². The molecule has 10 heteroatoms.